The number of nitrogens with zero attached hydrogens (tertiary/aromatic N) is 3. The third-order valence-corrected chi connectivity index (χ3v) is 5.75. The highest BCUT2D eigenvalue weighted by atomic mass is 32.1. The van der Waals surface area contributed by atoms with Crippen LogP contribution in [0, 0.1) is 6.92 Å². The molecule has 4 heterocycles. The fourth-order valence-electron chi connectivity index (χ4n) is 3.19. The Hall–Kier alpha value is -2.31. The van der Waals surface area contributed by atoms with Gasteiger partial charge in [-0.2, -0.15) is 0 Å². The molecule has 1 aliphatic heterocycles. The number of thiocarbonyl (C=S) groups is 1. The maximum absolute atomic E-state index is 5.67. The van der Waals surface area contributed by atoms with Gasteiger partial charge in [-0.1, -0.05) is 12.1 Å². The third-order valence-electron chi connectivity index (χ3n) is 4.33. The molecule has 4 nitrogen and oxygen atoms in total. The quantitative estimate of drug-likeness (QED) is 0.706. The molecule has 0 aromatic carbocycles. The first-order valence-electron chi connectivity index (χ1n) is 8.15. The second-order valence-electron chi connectivity index (χ2n) is 6.06. The summed E-state index contributed by atoms with van der Waals surface area (Å²) < 4.78 is 0. The molecule has 1 saturated heterocycles. The number of hydrogen-bond acceptors (Lipinski definition) is 4. The van der Waals surface area contributed by atoms with Gasteiger partial charge < -0.3 is 10.2 Å². The molecule has 2 atom stereocenters. The second kappa shape index (κ2) is 6.90. The molecule has 1 fully saturated rings. The molecule has 0 aliphatic carbocycles. The van der Waals surface area contributed by atoms with Crippen molar-refractivity contribution < 1.29 is 0 Å². The molecule has 0 spiro atoms. The lowest BCUT2D eigenvalue weighted by Gasteiger charge is -2.26. The van der Waals surface area contributed by atoms with Crippen LogP contribution >= 0.6 is 23.6 Å². The number of nitrogens with one attached hydrogen (secondary N) is 1. The third kappa shape index (κ3) is 3.27. The summed E-state index contributed by atoms with van der Waals surface area (Å²) in [5, 5.41) is 4.24. The van der Waals surface area contributed by atoms with Crippen molar-refractivity contribution in [1.82, 2.24) is 20.2 Å². The monoisotopic (exact) mass is 366 g/mol. The van der Waals surface area contributed by atoms with Crippen molar-refractivity contribution in [3.8, 4) is 0 Å². The van der Waals surface area contributed by atoms with Crippen molar-refractivity contribution in [2.45, 2.75) is 25.6 Å². The summed E-state index contributed by atoms with van der Waals surface area (Å²) in [6.45, 7) is 2.86. The van der Waals surface area contributed by atoms with Crippen molar-refractivity contribution in [1.29, 1.82) is 0 Å². The van der Waals surface area contributed by atoms with Crippen LogP contribution in [0.2, 0.25) is 0 Å². The summed E-state index contributed by atoms with van der Waals surface area (Å²) in [4.78, 5) is 13.6. The summed E-state index contributed by atoms with van der Waals surface area (Å²) in [6.07, 6.45) is 5.52. The van der Waals surface area contributed by atoms with Gasteiger partial charge >= 0.3 is 0 Å². The number of aryl methyl sites for hydroxylation is 1. The summed E-state index contributed by atoms with van der Waals surface area (Å²) in [6, 6.07) is 14.6. The van der Waals surface area contributed by atoms with Crippen molar-refractivity contribution in [3.05, 3.63) is 82.1 Å². The van der Waals surface area contributed by atoms with Crippen LogP contribution in [0.15, 0.2) is 61.1 Å². The maximum atomic E-state index is 5.67. The molecule has 0 amide bonds. The summed E-state index contributed by atoms with van der Waals surface area (Å²) in [5.41, 5.74) is 2.15. The van der Waals surface area contributed by atoms with Gasteiger partial charge in [-0.05, 0) is 55.0 Å². The molecular weight excluding hydrogens is 348 g/mol. The van der Waals surface area contributed by atoms with Crippen molar-refractivity contribution in [3.63, 3.8) is 0 Å². The van der Waals surface area contributed by atoms with E-state index in [2.05, 4.69) is 51.4 Å². The first-order chi connectivity index (χ1) is 12.2. The SMILES string of the molecule is Cc1ccc(C2C(c3ccccn3)NC(=S)N2Cc2cccnc2)s1. The van der Waals surface area contributed by atoms with Gasteiger partial charge in [0.1, 0.15) is 0 Å². The van der Waals surface area contributed by atoms with E-state index in [1.807, 2.05) is 41.9 Å². The fourth-order valence-corrected chi connectivity index (χ4v) is 4.52. The topological polar surface area (TPSA) is 41.1 Å². The van der Waals surface area contributed by atoms with Crippen LogP contribution in [-0.4, -0.2) is 20.0 Å². The normalized spacial score (nSPS) is 19.9. The number of thiophene rings is 1. The number of hydrogen-bond donors (Lipinski definition) is 1. The van der Waals surface area contributed by atoms with Crippen molar-refractivity contribution in [2.75, 3.05) is 0 Å². The molecule has 25 heavy (non-hydrogen) atoms. The minimum atomic E-state index is 0.0448. The lowest BCUT2D eigenvalue weighted by Crippen LogP contribution is -2.28. The molecule has 6 heteroatoms. The largest absolute Gasteiger partial charge is 0.352 e. The van der Waals surface area contributed by atoms with Gasteiger partial charge in [0.15, 0.2) is 5.11 Å². The lowest BCUT2D eigenvalue weighted by molar-refractivity contribution is 0.315. The average Bonchev–Trinajstić information content (AvgIpc) is 3.20. The molecule has 126 valence electrons. The highest BCUT2D eigenvalue weighted by Crippen LogP contribution is 2.41. The summed E-state index contributed by atoms with van der Waals surface area (Å²) >= 11 is 7.49. The van der Waals surface area contributed by atoms with Gasteiger partial charge in [0.2, 0.25) is 0 Å². The lowest BCUT2D eigenvalue weighted by atomic mass is 10.0. The Balaban J connectivity index is 1.72. The van der Waals surface area contributed by atoms with Crippen LogP contribution in [0.4, 0.5) is 0 Å². The molecule has 4 rings (SSSR count). The van der Waals surface area contributed by atoms with Gasteiger partial charge in [-0.25, -0.2) is 0 Å². The Morgan fingerprint density at radius 1 is 1.16 bits per heavy atom. The van der Waals surface area contributed by atoms with E-state index < -0.39 is 0 Å². The molecule has 1 N–H and O–H groups in total. The van der Waals surface area contributed by atoms with E-state index in [-0.39, 0.29) is 12.1 Å². The number of aromatic nitrogens is 2. The standard InChI is InChI=1S/C19H18N4S2/c1-13-7-8-16(25-13)18-17(15-6-2-3-10-21-15)22-19(24)23(18)12-14-5-4-9-20-11-14/h2-11,17-18H,12H2,1H3,(H,22,24). The van der Waals surface area contributed by atoms with E-state index in [4.69, 9.17) is 12.2 Å². The Kier molecular flexibility index (Phi) is 4.46. The number of rotatable bonds is 4. The predicted octanol–water partition coefficient (Wildman–Crippen LogP) is 4.02. The van der Waals surface area contributed by atoms with E-state index in [1.54, 1.807) is 6.20 Å². The Morgan fingerprint density at radius 3 is 2.76 bits per heavy atom. The molecule has 0 saturated carbocycles. The Labute approximate surface area is 156 Å². The van der Waals surface area contributed by atoms with Gasteiger partial charge in [0.25, 0.3) is 0 Å². The minimum absolute atomic E-state index is 0.0448. The van der Waals surface area contributed by atoms with Crippen LogP contribution in [0.1, 0.15) is 33.1 Å². The molecule has 0 bridgehead atoms. The summed E-state index contributed by atoms with van der Waals surface area (Å²) in [5.74, 6) is 0. The molecule has 3 aromatic rings. The first kappa shape index (κ1) is 16.2. The van der Waals surface area contributed by atoms with Crippen molar-refractivity contribution >= 4 is 28.7 Å². The van der Waals surface area contributed by atoms with Gasteiger partial charge in [-0.3, -0.25) is 9.97 Å². The zero-order chi connectivity index (χ0) is 17.2. The number of pyridine rings is 2. The predicted molar refractivity (Wildman–Crippen MR) is 104 cm³/mol. The zero-order valence-electron chi connectivity index (χ0n) is 13.8. The van der Waals surface area contributed by atoms with Crippen LogP contribution in [0.5, 0.6) is 0 Å². The minimum Gasteiger partial charge on any atom is -0.352 e. The van der Waals surface area contributed by atoms with E-state index >= 15 is 0 Å². The van der Waals surface area contributed by atoms with E-state index in [0.717, 1.165) is 22.9 Å². The van der Waals surface area contributed by atoms with E-state index in [9.17, 15) is 0 Å². The zero-order valence-corrected chi connectivity index (χ0v) is 15.4. The van der Waals surface area contributed by atoms with Crippen molar-refractivity contribution in [2.24, 2.45) is 0 Å². The van der Waals surface area contributed by atoms with E-state index in [0.29, 0.717) is 0 Å². The van der Waals surface area contributed by atoms with Crippen LogP contribution in [-0.2, 0) is 6.54 Å². The highest BCUT2D eigenvalue weighted by Gasteiger charge is 2.40. The average molecular weight is 367 g/mol. The van der Waals surface area contributed by atoms with Crippen LogP contribution < -0.4 is 5.32 Å². The Morgan fingerprint density at radius 2 is 2.08 bits per heavy atom. The second-order valence-corrected chi connectivity index (χ2v) is 7.77. The molecular formula is C19H18N4S2. The fraction of sp³-hybridized carbons (Fsp3) is 0.211. The highest BCUT2D eigenvalue weighted by molar-refractivity contribution is 7.80. The smallest absolute Gasteiger partial charge is 0.170 e. The molecule has 1 aliphatic rings. The first-order valence-corrected chi connectivity index (χ1v) is 9.38. The molecule has 2 unspecified atom stereocenters. The van der Waals surface area contributed by atoms with Gasteiger partial charge in [0, 0.05) is 34.9 Å². The van der Waals surface area contributed by atoms with Crippen LogP contribution in [0.3, 0.4) is 0 Å². The maximum Gasteiger partial charge on any atom is 0.170 e. The Bertz CT molecular complexity index is 863. The van der Waals surface area contributed by atoms with Crippen LogP contribution in [0.25, 0.3) is 0 Å². The summed E-state index contributed by atoms with van der Waals surface area (Å²) in [7, 11) is 0. The van der Waals surface area contributed by atoms with E-state index in [1.165, 1.54) is 9.75 Å². The van der Waals surface area contributed by atoms with Gasteiger partial charge in [-0.15, -0.1) is 11.3 Å². The van der Waals surface area contributed by atoms with Gasteiger partial charge in [0.05, 0.1) is 17.8 Å². The molecule has 0 radical (unpaired) electrons. The molecule has 3 aromatic heterocycles.